The van der Waals surface area contributed by atoms with E-state index in [1.807, 2.05) is 18.2 Å². The molecule has 0 radical (unpaired) electrons. The van der Waals surface area contributed by atoms with Crippen LogP contribution in [0.25, 0.3) is 0 Å². The van der Waals surface area contributed by atoms with Crippen molar-refractivity contribution in [3.05, 3.63) is 28.7 Å². The van der Waals surface area contributed by atoms with E-state index in [2.05, 4.69) is 32.2 Å². The first-order chi connectivity index (χ1) is 10.3. The van der Waals surface area contributed by atoms with Crippen LogP contribution in [0.4, 0.5) is 0 Å². The molecule has 0 aromatic heterocycles. The van der Waals surface area contributed by atoms with E-state index in [0.29, 0.717) is 24.4 Å². The highest BCUT2D eigenvalue weighted by Gasteiger charge is 2.37. The molecule has 0 aliphatic carbocycles. The molecule has 122 valence electrons. The van der Waals surface area contributed by atoms with Crippen LogP contribution >= 0.6 is 40.1 Å². The average Bonchev–Trinajstić information content (AvgIpc) is 2.74. The predicted molar refractivity (Wildman–Crippen MR) is 97.9 cm³/mol. The van der Waals surface area contributed by atoms with Crippen LogP contribution in [0.15, 0.2) is 33.6 Å². The fourth-order valence-electron chi connectivity index (χ4n) is 3.33. The summed E-state index contributed by atoms with van der Waals surface area (Å²) in [5, 5.41) is 3.45. The van der Waals surface area contributed by atoms with Crippen LogP contribution in [0.1, 0.15) is 25.7 Å². The van der Waals surface area contributed by atoms with Crippen LogP contribution in [0, 0.1) is 0 Å². The number of amides is 1. The largest absolute Gasteiger partial charge is 0.335 e. The number of hydrogen-bond donors (Lipinski definition) is 1. The highest BCUT2D eigenvalue weighted by atomic mass is 79.9. The second-order valence-corrected chi connectivity index (χ2v) is 7.70. The van der Waals surface area contributed by atoms with Crippen LogP contribution in [0.2, 0.25) is 0 Å². The lowest BCUT2D eigenvalue weighted by Crippen LogP contribution is -2.42. The zero-order valence-corrected chi connectivity index (χ0v) is 15.7. The number of rotatable bonds is 4. The van der Waals surface area contributed by atoms with Crippen molar-refractivity contribution >= 4 is 46.0 Å². The molecular formula is C16H22BrClN2OS. The van der Waals surface area contributed by atoms with Gasteiger partial charge in [0.15, 0.2) is 0 Å². The minimum absolute atomic E-state index is 0. The van der Waals surface area contributed by atoms with E-state index in [1.165, 1.54) is 17.7 Å². The van der Waals surface area contributed by atoms with Crippen molar-refractivity contribution in [2.45, 2.75) is 42.7 Å². The molecule has 0 spiro atoms. The van der Waals surface area contributed by atoms with E-state index >= 15 is 0 Å². The third-order valence-corrected chi connectivity index (χ3v) is 6.38. The molecule has 2 heterocycles. The van der Waals surface area contributed by atoms with E-state index < -0.39 is 0 Å². The molecule has 1 aromatic carbocycles. The van der Waals surface area contributed by atoms with Gasteiger partial charge in [-0.25, -0.2) is 0 Å². The Kier molecular flexibility index (Phi) is 7.06. The maximum atomic E-state index is 12.6. The number of fused-ring (bicyclic) bond motifs is 2. The first-order valence-electron chi connectivity index (χ1n) is 7.65. The first kappa shape index (κ1) is 18.1. The number of benzene rings is 1. The summed E-state index contributed by atoms with van der Waals surface area (Å²) in [5.74, 6) is 1.19. The SMILES string of the molecule is Cl.O=C(CCSc1ccccc1Br)N1C2CCNCC1CC2. The molecule has 1 aromatic rings. The van der Waals surface area contributed by atoms with E-state index in [0.717, 1.165) is 29.7 Å². The van der Waals surface area contributed by atoms with Gasteiger partial charge in [-0.3, -0.25) is 4.79 Å². The van der Waals surface area contributed by atoms with Crippen molar-refractivity contribution < 1.29 is 4.79 Å². The summed E-state index contributed by atoms with van der Waals surface area (Å²) in [5.41, 5.74) is 0. The van der Waals surface area contributed by atoms with Gasteiger partial charge in [0.1, 0.15) is 0 Å². The number of thioether (sulfide) groups is 1. The number of nitrogens with one attached hydrogen (secondary N) is 1. The highest BCUT2D eigenvalue weighted by Crippen LogP contribution is 2.30. The maximum Gasteiger partial charge on any atom is 0.223 e. The molecule has 1 N–H and O–H groups in total. The summed E-state index contributed by atoms with van der Waals surface area (Å²) in [7, 11) is 0. The van der Waals surface area contributed by atoms with Gasteiger partial charge in [-0.05, 0) is 53.9 Å². The molecule has 2 atom stereocenters. The lowest BCUT2D eigenvalue weighted by molar-refractivity contribution is -0.133. The van der Waals surface area contributed by atoms with Crippen LogP contribution in [0.5, 0.6) is 0 Å². The molecule has 3 nitrogen and oxygen atoms in total. The molecule has 22 heavy (non-hydrogen) atoms. The predicted octanol–water partition coefficient (Wildman–Crippen LogP) is 3.71. The maximum absolute atomic E-state index is 12.6. The monoisotopic (exact) mass is 404 g/mol. The van der Waals surface area contributed by atoms with Gasteiger partial charge in [-0.2, -0.15) is 0 Å². The van der Waals surface area contributed by atoms with Crippen LogP contribution in [0.3, 0.4) is 0 Å². The Morgan fingerprint density at radius 1 is 1.27 bits per heavy atom. The standard InChI is InChI=1S/C16H21BrN2OS.ClH/c17-14-3-1-2-4-15(14)21-10-8-16(20)19-12-5-6-13(19)11-18-9-7-12;/h1-4,12-13,18H,5-11H2;1H. The number of nitrogens with zero attached hydrogens (tertiary/aromatic N) is 1. The van der Waals surface area contributed by atoms with Crippen molar-refractivity contribution in [2.24, 2.45) is 0 Å². The first-order valence-corrected chi connectivity index (χ1v) is 9.43. The van der Waals surface area contributed by atoms with Crippen molar-refractivity contribution in [1.82, 2.24) is 10.2 Å². The second kappa shape index (κ2) is 8.57. The molecule has 2 saturated heterocycles. The summed E-state index contributed by atoms with van der Waals surface area (Å²) in [6, 6.07) is 9.10. The van der Waals surface area contributed by atoms with Gasteiger partial charge in [0.05, 0.1) is 0 Å². The summed E-state index contributed by atoms with van der Waals surface area (Å²) >= 11 is 5.31. The van der Waals surface area contributed by atoms with Crippen LogP contribution < -0.4 is 5.32 Å². The van der Waals surface area contributed by atoms with Crippen molar-refractivity contribution in [1.29, 1.82) is 0 Å². The molecule has 2 fully saturated rings. The minimum atomic E-state index is 0. The summed E-state index contributed by atoms with van der Waals surface area (Å²) in [6.45, 7) is 2.02. The molecule has 2 aliphatic heterocycles. The summed E-state index contributed by atoms with van der Waals surface area (Å²) in [6.07, 6.45) is 4.11. The Labute approximate surface area is 151 Å². The van der Waals surface area contributed by atoms with Crippen molar-refractivity contribution in [2.75, 3.05) is 18.8 Å². The molecule has 6 heteroatoms. The number of halogens is 2. The van der Waals surface area contributed by atoms with Crippen LogP contribution in [-0.2, 0) is 4.79 Å². The fourth-order valence-corrected chi connectivity index (χ4v) is 4.83. The molecule has 3 rings (SSSR count). The Morgan fingerprint density at radius 2 is 2.05 bits per heavy atom. The fraction of sp³-hybridized carbons (Fsp3) is 0.562. The lowest BCUT2D eigenvalue weighted by atomic mass is 10.1. The van der Waals surface area contributed by atoms with E-state index in [-0.39, 0.29) is 12.4 Å². The average molecular weight is 406 g/mol. The number of carbonyl (C=O) groups is 1. The lowest BCUT2D eigenvalue weighted by Gasteiger charge is -2.28. The van der Waals surface area contributed by atoms with Crippen molar-refractivity contribution in [3.8, 4) is 0 Å². The highest BCUT2D eigenvalue weighted by molar-refractivity contribution is 9.10. The number of carbonyl (C=O) groups excluding carboxylic acids is 1. The van der Waals surface area contributed by atoms with Gasteiger partial charge < -0.3 is 10.2 Å². The quantitative estimate of drug-likeness (QED) is 0.775. The van der Waals surface area contributed by atoms with Gasteiger partial charge in [0, 0.05) is 40.2 Å². The molecule has 2 bridgehead atoms. The van der Waals surface area contributed by atoms with E-state index in [1.54, 1.807) is 11.8 Å². The van der Waals surface area contributed by atoms with E-state index in [4.69, 9.17) is 0 Å². The van der Waals surface area contributed by atoms with Crippen LogP contribution in [-0.4, -0.2) is 41.7 Å². The Balaban J connectivity index is 0.00000176. The molecule has 2 unspecified atom stereocenters. The normalized spacial score (nSPS) is 23.8. The Hall–Kier alpha value is -0.230. The molecule has 1 amide bonds. The molecule has 2 aliphatic rings. The Bertz CT molecular complexity index is 503. The third kappa shape index (κ3) is 4.19. The third-order valence-electron chi connectivity index (χ3n) is 4.35. The van der Waals surface area contributed by atoms with Gasteiger partial charge >= 0.3 is 0 Å². The smallest absolute Gasteiger partial charge is 0.223 e. The van der Waals surface area contributed by atoms with Gasteiger partial charge in [-0.1, -0.05) is 12.1 Å². The zero-order chi connectivity index (χ0) is 14.7. The molecule has 0 saturated carbocycles. The number of hydrogen-bond acceptors (Lipinski definition) is 3. The van der Waals surface area contributed by atoms with Gasteiger partial charge in [-0.15, -0.1) is 24.2 Å². The van der Waals surface area contributed by atoms with E-state index in [9.17, 15) is 4.79 Å². The summed E-state index contributed by atoms with van der Waals surface area (Å²) < 4.78 is 1.11. The second-order valence-electron chi connectivity index (χ2n) is 5.71. The zero-order valence-electron chi connectivity index (χ0n) is 12.5. The van der Waals surface area contributed by atoms with Gasteiger partial charge in [0.25, 0.3) is 0 Å². The summed E-state index contributed by atoms with van der Waals surface area (Å²) in [4.78, 5) is 16.0. The minimum Gasteiger partial charge on any atom is -0.335 e. The van der Waals surface area contributed by atoms with Crippen molar-refractivity contribution in [3.63, 3.8) is 0 Å². The molecular weight excluding hydrogens is 384 g/mol. The topological polar surface area (TPSA) is 32.3 Å². The van der Waals surface area contributed by atoms with Gasteiger partial charge in [0.2, 0.25) is 5.91 Å². The Morgan fingerprint density at radius 3 is 2.86 bits per heavy atom.